The average molecular weight is 431 g/mol. The Balaban J connectivity index is 1.95. The Kier molecular flexibility index (Phi) is 5.40. The van der Waals surface area contributed by atoms with Crippen LogP contribution in [-0.4, -0.2) is 33.6 Å². The van der Waals surface area contributed by atoms with Crippen LogP contribution in [0, 0.1) is 5.92 Å². The molecule has 0 radical (unpaired) electrons. The van der Waals surface area contributed by atoms with Crippen molar-refractivity contribution in [2.75, 3.05) is 25.1 Å². The number of hydrogen-bond donors (Lipinski definition) is 0. The zero-order chi connectivity index (χ0) is 20.6. The first-order chi connectivity index (χ1) is 13.9. The van der Waals surface area contributed by atoms with Gasteiger partial charge in [0.15, 0.2) is 0 Å². The number of anilines is 1. The molecule has 5 nitrogen and oxygen atoms in total. The number of halogens is 1. The van der Waals surface area contributed by atoms with Gasteiger partial charge in [0.25, 0.3) is 0 Å². The topological polar surface area (TPSA) is 59.5 Å². The van der Waals surface area contributed by atoms with Crippen LogP contribution in [0.1, 0.15) is 19.8 Å². The van der Waals surface area contributed by atoms with E-state index < -0.39 is 9.84 Å². The highest BCUT2D eigenvalue weighted by atomic mass is 35.5. The van der Waals surface area contributed by atoms with E-state index in [1.54, 1.807) is 19.2 Å². The van der Waals surface area contributed by atoms with Crippen LogP contribution < -0.4 is 9.64 Å². The Morgan fingerprint density at radius 1 is 1.10 bits per heavy atom. The van der Waals surface area contributed by atoms with Crippen LogP contribution in [0.3, 0.4) is 0 Å². The molecule has 1 aliphatic heterocycles. The Morgan fingerprint density at radius 3 is 2.45 bits per heavy atom. The van der Waals surface area contributed by atoms with Gasteiger partial charge in [-0.15, -0.1) is 0 Å². The minimum atomic E-state index is -3.76. The van der Waals surface area contributed by atoms with Crippen LogP contribution in [0.4, 0.5) is 5.69 Å². The number of hydrogen-bond acceptors (Lipinski definition) is 5. The summed E-state index contributed by atoms with van der Waals surface area (Å²) in [6.45, 7) is 3.84. The largest absolute Gasteiger partial charge is 0.497 e. The third kappa shape index (κ3) is 3.79. The maximum absolute atomic E-state index is 13.5. The number of fused-ring (bicyclic) bond motifs is 1. The van der Waals surface area contributed by atoms with Crippen LogP contribution in [0.2, 0.25) is 5.02 Å². The first kappa shape index (κ1) is 20.0. The van der Waals surface area contributed by atoms with Gasteiger partial charge < -0.3 is 9.64 Å². The fourth-order valence-electron chi connectivity index (χ4n) is 3.76. The lowest BCUT2D eigenvalue weighted by Gasteiger charge is -2.34. The molecule has 1 fully saturated rings. The molecule has 0 unspecified atom stereocenters. The SMILES string of the molecule is COc1ccc2ncc(S(=O)(=O)c3ccc(Cl)cc3)c(N3CCC(C)CC3)c2c1. The predicted molar refractivity (Wildman–Crippen MR) is 116 cm³/mol. The summed E-state index contributed by atoms with van der Waals surface area (Å²) in [7, 11) is -2.16. The van der Waals surface area contributed by atoms with E-state index in [9.17, 15) is 8.42 Å². The summed E-state index contributed by atoms with van der Waals surface area (Å²) >= 11 is 5.96. The molecule has 0 bridgehead atoms. The van der Waals surface area contributed by atoms with Gasteiger partial charge >= 0.3 is 0 Å². The van der Waals surface area contributed by atoms with E-state index in [4.69, 9.17) is 16.3 Å². The zero-order valence-electron chi connectivity index (χ0n) is 16.4. The van der Waals surface area contributed by atoms with Crippen molar-refractivity contribution in [3.8, 4) is 5.75 Å². The van der Waals surface area contributed by atoms with Crippen molar-refractivity contribution in [2.24, 2.45) is 5.92 Å². The molecule has 7 heteroatoms. The average Bonchev–Trinajstić information content (AvgIpc) is 2.73. The van der Waals surface area contributed by atoms with Crippen molar-refractivity contribution in [1.29, 1.82) is 0 Å². The molecule has 4 rings (SSSR count). The molecule has 0 N–H and O–H groups in total. The molecule has 29 heavy (non-hydrogen) atoms. The van der Waals surface area contributed by atoms with Crippen LogP contribution in [0.25, 0.3) is 10.9 Å². The fraction of sp³-hybridized carbons (Fsp3) is 0.318. The van der Waals surface area contributed by atoms with Crippen molar-refractivity contribution in [2.45, 2.75) is 29.6 Å². The summed E-state index contributed by atoms with van der Waals surface area (Å²) in [4.78, 5) is 7.05. The van der Waals surface area contributed by atoms with Crippen LogP contribution >= 0.6 is 11.6 Å². The summed E-state index contributed by atoms with van der Waals surface area (Å²) < 4.78 is 32.5. The van der Waals surface area contributed by atoms with Gasteiger partial charge in [0.2, 0.25) is 9.84 Å². The van der Waals surface area contributed by atoms with Crippen molar-refractivity contribution in [1.82, 2.24) is 4.98 Å². The van der Waals surface area contributed by atoms with Gasteiger partial charge in [-0.05, 0) is 61.2 Å². The Labute approximate surface area is 176 Å². The van der Waals surface area contributed by atoms with Crippen molar-refractivity contribution >= 4 is 38.0 Å². The minimum Gasteiger partial charge on any atom is -0.497 e. The summed E-state index contributed by atoms with van der Waals surface area (Å²) in [5.74, 6) is 1.30. The van der Waals surface area contributed by atoms with Crippen LogP contribution in [-0.2, 0) is 9.84 Å². The predicted octanol–water partition coefficient (Wildman–Crippen LogP) is 4.97. The first-order valence-electron chi connectivity index (χ1n) is 9.62. The molecule has 152 valence electrons. The number of benzene rings is 2. The highest BCUT2D eigenvalue weighted by molar-refractivity contribution is 7.91. The highest BCUT2D eigenvalue weighted by Gasteiger charge is 2.28. The monoisotopic (exact) mass is 430 g/mol. The molecule has 1 saturated heterocycles. The van der Waals surface area contributed by atoms with Crippen molar-refractivity contribution < 1.29 is 13.2 Å². The molecule has 3 aromatic rings. The van der Waals surface area contributed by atoms with Gasteiger partial charge in [0.1, 0.15) is 10.6 Å². The third-order valence-electron chi connectivity index (χ3n) is 5.53. The highest BCUT2D eigenvalue weighted by Crippen LogP contribution is 2.39. The molecule has 0 aliphatic carbocycles. The van der Waals surface area contributed by atoms with Crippen LogP contribution in [0.15, 0.2) is 58.5 Å². The molecular weight excluding hydrogens is 408 g/mol. The smallest absolute Gasteiger partial charge is 0.210 e. The van der Waals surface area contributed by atoms with E-state index in [1.165, 1.54) is 18.3 Å². The lowest BCUT2D eigenvalue weighted by molar-refractivity contribution is 0.415. The summed E-state index contributed by atoms with van der Waals surface area (Å²) in [6.07, 6.45) is 3.52. The summed E-state index contributed by atoms with van der Waals surface area (Å²) in [5.41, 5.74) is 1.45. The van der Waals surface area contributed by atoms with Crippen LogP contribution in [0.5, 0.6) is 5.75 Å². The number of aromatic nitrogens is 1. The normalized spacial score (nSPS) is 15.6. The summed E-state index contributed by atoms with van der Waals surface area (Å²) in [5, 5.41) is 1.28. The lowest BCUT2D eigenvalue weighted by Crippen LogP contribution is -2.34. The first-order valence-corrected chi connectivity index (χ1v) is 11.5. The zero-order valence-corrected chi connectivity index (χ0v) is 18.0. The van der Waals surface area contributed by atoms with E-state index in [0.29, 0.717) is 22.4 Å². The third-order valence-corrected chi connectivity index (χ3v) is 7.55. The second-order valence-corrected chi connectivity index (χ2v) is 9.84. The van der Waals surface area contributed by atoms with Gasteiger partial charge in [-0.1, -0.05) is 18.5 Å². The minimum absolute atomic E-state index is 0.206. The quantitative estimate of drug-likeness (QED) is 0.585. The molecular formula is C22H23ClN2O3S. The van der Waals surface area contributed by atoms with E-state index >= 15 is 0 Å². The van der Waals surface area contributed by atoms with Gasteiger partial charge in [-0.25, -0.2) is 8.42 Å². The Bertz CT molecular complexity index is 1140. The maximum atomic E-state index is 13.5. The molecule has 0 saturated carbocycles. The number of rotatable bonds is 4. The van der Waals surface area contributed by atoms with E-state index in [2.05, 4.69) is 16.8 Å². The molecule has 2 heterocycles. The summed E-state index contributed by atoms with van der Waals surface area (Å²) in [6, 6.07) is 11.8. The van der Waals surface area contributed by atoms with Crippen molar-refractivity contribution in [3.63, 3.8) is 0 Å². The standard InChI is InChI=1S/C22H23ClN2O3S/c1-15-9-11-25(12-10-15)22-19-13-17(28-2)5-8-20(19)24-14-21(22)29(26,27)18-6-3-16(23)4-7-18/h3-8,13-15H,9-12H2,1-2H3. The molecule has 0 amide bonds. The number of methoxy groups -OCH3 is 1. The number of sulfone groups is 1. The molecule has 1 aliphatic rings. The lowest BCUT2D eigenvalue weighted by atomic mass is 9.98. The van der Waals surface area contributed by atoms with E-state index in [1.807, 2.05) is 18.2 Å². The maximum Gasteiger partial charge on any atom is 0.210 e. The second-order valence-electron chi connectivity index (χ2n) is 7.48. The molecule has 1 aromatic heterocycles. The molecule has 0 atom stereocenters. The van der Waals surface area contributed by atoms with Gasteiger partial charge in [0, 0.05) is 29.7 Å². The van der Waals surface area contributed by atoms with Gasteiger partial charge in [0.05, 0.1) is 23.2 Å². The number of pyridine rings is 1. The number of ether oxygens (including phenoxy) is 1. The molecule has 2 aromatic carbocycles. The number of nitrogens with zero attached hydrogens (tertiary/aromatic N) is 2. The Morgan fingerprint density at radius 2 is 1.79 bits per heavy atom. The second kappa shape index (κ2) is 7.84. The molecule has 0 spiro atoms. The Hall–Kier alpha value is -2.31. The van der Waals surface area contributed by atoms with Gasteiger partial charge in [-0.2, -0.15) is 0 Å². The van der Waals surface area contributed by atoms with E-state index in [-0.39, 0.29) is 9.79 Å². The van der Waals surface area contributed by atoms with Crippen molar-refractivity contribution in [3.05, 3.63) is 53.7 Å². The van der Waals surface area contributed by atoms with Gasteiger partial charge in [-0.3, -0.25) is 4.98 Å². The fourth-order valence-corrected chi connectivity index (χ4v) is 5.32. The number of piperidine rings is 1. The van der Waals surface area contributed by atoms with E-state index in [0.717, 1.165) is 36.8 Å².